The maximum atomic E-state index is 13.2. The molecule has 0 aliphatic carbocycles. The Bertz CT molecular complexity index is 595. The molecule has 1 aromatic rings. The van der Waals surface area contributed by atoms with E-state index in [4.69, 9.17) is 5.11 Å². The van der Waals surface area contributed by atoms with Crippen LogP contribution in [0.15, 0.2) is 18.2 Å². The average molecular weight is 307 g/mol. The molecule has 0 unspecified atom stereocenters. The topological polar surface area (TPSA) is 75.6 Å². The van der Waals surface area contributed by atoms with E-state index in [9.17, 15) is 27.2 Å². The minimum absolute atomic E-state index is 0.246. The van der Waals surface area contributed by atoms with Gasteiger partial charge in [-0.2, -0.15) is 13.2 Å². The number of rotatable bonds is 3. The van der Waals surface area contributed by atoms with Crippen molar-refractivity contribution in [1.29, 1.82) is 0 Å². The zero-order valence-corrected chi connectivity index (χ0v) is 10.3. The highest BCUT2D eigenvalue weighted by Gasteiger charge is 2.48. The van der Waals surface area contributed by atoms with Crippen molar-refractivity contribution >= 4 is 11.9 Å². The van der Waals surface area contributed by atoms with Crippen molar-refractivity contribution in [1.82, 2.24) is 5.32 Å². The van der Waals surface area contributed by atoms with Crippen LogP contribution in [-0.2, 0) is 15.7 Å². The molecule has 0 atom stereocenters. The third kappa shape index (κ3) is 2.97. The van der Waals surface area contributed by atoms with E-state index in [-0.39, 0.29) is 19.3 Å². The summed E-state index contributed by atoms with van der Waals surface area (Å²) in [5.41, 5.74) is -3.64. The second-order valence-corrected chi connectivity index (χ2v) is 4.56. The van der Waals surface area contributed by atoms with Crippen molar-refractivity contribution in [3.8, 4) is 0 Å². The summed E-state index contributed by atoms with van der Waals surface area (Å²) in [6.45, 7) is -0.620. The van der Waals surface area contributed by atoms with Gasteiger partial charge in [0.2, 0.25) is 0 Å². The SMILES string of the molecule is O=C(NC1(C(=O)O)COC1)c1cc(F)cc(C(F)(F)F)c1. The Kier molecular flexibility index (Phi) is 3.62. The largest absolute Gasteiger partial charge is 0.479 e. The van der Waals surface area contributed by atoms with Crippen molar-refractivity contribution < 1.29 is 37.0 Å². The fraction of sp³-hybridized carbons (Fsp3) is 0.333. The number of nitrogens with one attached hydrogen (secondary N) is 1. The highest BCUT2D eigenvalue weighted by atomic mass is 19.4. The fourth-order valence-electron chi connectivity index (χ4n) is 1.73. The van der Waals surface area contributed by atoms with E-state index in [0.717, 1.165) is 0 Å². The molecule has 1 heterocycles. The van der Waals surface area contributed by atoms with Crippen LogP contribution in [0, 0.1) is 5.82 Å². The molecule has 0 radical (unpaired) electrons. The standard InChI is InChI=1S/C12H9F4NO4/c13-8-2-6(1-7(3-8)12(14,15)16)9(18)17-11(10(19)20)4-21-5-11/h1-3H,4-5H2,(H,17,18)(H,19,20). The number of alkyl halides is 3. The van der Waals surface area contributed by atoms with Gasteiger partial charge >= 0.3 is 12.1 Å². The molecule has 1 aromatic carbocycles. The van der Waals surface area contributed by atoms with E-state index in [0.29, 0.717) is 12.1 Å². The van der Waals surface area contributed by atoms with Crippen molar-refractivity contribution in [2.45, 2.75) is 11.7 Å². The van der Waals surface area contributed by atoms with Crippen LogP contribution in [0.4, 0.5) is 17.6 Å². The van der Waals surface area contributed by atoms with E-state index in [1.807, 2.05) is 0 Å². The summed E-state index contributed by atoms with van der Waals surface area (Å²) >= 11 is 0. The molecule has 9 heteroatoms. The van der Waals surface area contributed by atoms with Gasteiger partial charge in [0.05, 0.1) is 18.8 Å². The van der Waals surface area contributed by atoms with Gasteiger partial charge in [0.25, 0.3) is 5.91 Å². The maximum Gasteiger partial charge on any atom is 0.416 e. The van der Waals surface area contributed by atoms with Gasteiger partial charge in [-0.25, -0.2) is 9.18 Å². The summed E-state index contributed by atoms with van der Waals surface area (Å²) in [7, 11) is 0. The lowest BCUT2D eigenvalue weighted by Gasteiger charge is -2.37. The zero-order chi connectivity index (χ0) is 15.8. The number of hydrogen-bond acceptors (Lipinski definition) is 3. The Labute approximate surface area is 115 Å². The molecule has 5 nitrogen and oxygen atoms in total. The van der Waals surface area contributed by atoms with E-state index in [1.54, 1.807) is 0 Å². The number of carbonyl (C=O) groups excluding carboxylic acids is 1. The fourth-order valence-corrected chi connectivity index (χ4v) is 1.73. The minimum Gasteiger partial charge on any atom is -0.479 e. The number of hydrogen-bond donors (Lipinski definition) is 2. The molecule has 21 heavy (non-hydrogen) atoms. The molecule has 0 bridgehead atoms. The molecule has 1 saturated heterocycles. The number of amides is 1. The first-order valence-corrected chi connectivity index (χ1v) is 5.65. The number of halogens is 4. The van der Waals surface area contributed by atoms with Crippen LogP contribution in [0.25, 0.3) is 0 Å². The lowest BCUT2D eigenvalue weighted by Crippen LogP contribution is -2.67. The molecule has 2 N–H and O–H groups in total. The zero-order valence-electron chi connectivity index (χ0n) is 10.3. The van der Waals surface area contributed by atoms with Gasteiger partial charge in [-0.3, -0.25) is 4.79 Å². The van der Waals surface area contributed by atoms with Crippen molar-refractivity contribution in [2.24, 2.45) is 0 Å². The van der Waals surface area contributed by atoms with Gasteiger partial charge < -0.3 is 15.2 Å². The van der Waals surface area contributed by atoms with Crippen LogP contribution in [0.1, 0.15) is 15.9 Å². The predicted octanol–water partition coefficient (Wildman–Crippen LogP) is 1.43. The van der Waals surface area contributed by atoms with Crippen molar-refractivity contribution in [3.05, 3.63) is 35.1 Å². The van der Waals surface area contributed by atoms with Crippen LogP contribution in [0.5, 0.6) is 0 Å². The van der Waals surface area contributed by atoms with Crippen LogP contribution in [-0.4, -0.2) is 35.7 Å². The summed E-state index contributed by atoms with van der Waals surface area (Å²) in [5, 5.41) is 11.0. The molecular formula is C12H9F4NO4. The summed E-state index contributed by atoms with van der Waals surface area (Å²) in [5.74, 6) is -3.75. The van der Waals surface area contributed by atoms with E-state index >= 15 is 0 Å². The first-order chi connectivity index (χ1) is 9.64. The summed E-state index contributed by atoms with van der Waals surface area (Å²) in [4.78, 5) is 22.8. The monoisotopic (exact) mass is 307 g/mol. The molecule has 114 valence electrons. The molecule has 2 rings (SSSR count). The minimum atomic E-state index is -4.82. The summed E-state index contributed by atoms with van der Waals surface area (Å²) in [6.07, 6.45) is -4.82. The second-order valence-electron chi connectivity index (χ2n) is 4.56. The third-order valence-corrected chi connectivity index (χ3v) is 2.95. The first kappa shape index (κ1) is 15.2. The van der Waals surface area contributed by atoms with Crippen LogP contribution in [0.2, 0.25) is 0 Å². The van der Waals surface area contributed by atoms with Gasteiger partial charge in [0.15, 0.2) is 5.54 Å². The first-order valence-electron chi connectivity index (χ1n) is 5.65. The van der Waals surface area contributed by atoms with Crippen molar-refractivity contribution in [3.63, 3.8) is 0 Å². The third-order valence-electron chi connectivity index (χ3n) is 2.95. The van der Waals surface area contributed by atoms with Gasteiger partial charge in [-0.1, -0.05) is 0 Å². The lowest BCUT2D eigenvalue weighted by atomic mass is 9.97. The Hall–Kier alpha value is -2.16. The number of carbonyl (C=O) groups is 2. The molecule has 1 aliphatic rings. The van der Waals surface area contributed by atoms with E-state index < -0.39 is 40.5 Å². The number of carboxylic acid groups (broad SMARTS) is 1. The Balaban J connectivity index is 2.28. The Morgan fingerprint density at radius 2 is 1.86 bits per heavy atom. The van der Waals surface area contributed by atoms with Crippen LogP contribution < -0.4 is 5.32 Å². The number of carboxylic acids is 1. The molecule has 1 amide bonds. The summed E-state index contributed by atoms with van der Waals surface area (Å²) in [6, 6.07) is 1.29. The number of aliphatic carboxylic acids is 1. The molecule has 1 fully saturated rings. The second kappa shape index (κ2) is 4.99. The lowest BCUT2D eigenvalue weighted by molar-refractivity contribution is -0.164. The Morgan fingerprint density at radius 3 is 2.29 bits per heavy atom. The number of benzene rings is 1. The quantitative estimate of drug-likeness (QED) is 0.828. The molecule has 0 saturated carbocycles. The molecular weight excluding hydrogens is 298 g/mol. The van der Waals surface area contributed by atoms with Gasteiger partial charge in [0.1, 0.15) is 5.82 Å². The number of ether oxygens (including phenoxy) is 1. The van der Waals surface area contributed by atoms with Crippen LogP contribution >= 0.6 is 0 Å². The average Bonchev–Trinajstić information content (AvgIpc) is 2.31. The smallest absolute Gasteiger partial charge is 0.416 e. The molecule has 0 spiro atoms. The van der Waals surface area contributed by atoms with Gasteiger partial charge in [-0.05, 0) is 18.2 Å². The van der Waals surface area contributed by atoms with E-state index in [2.05, 4.69) is 10.1 Å². The Morgan fingerprint density at radius 1 is 1.24 bits per heavy atom. The van der Waals surface area contributed by atoms with E-state index in [1.165, 1.54) is 0 Å². The maximum absolute atomic E-state index is 13.2. The van der Waals surface area contributed by atoms with Gasteiger partial charge in [-0.15, -0.1) is 0 Å². The summed E-state index contributed by atoms with van der Waals surface area (Å²) < 4.78 is 55.5. The van der Waals surface area contributed by atoms with Gasteiger partial charge in [0, 0.05) is 5.56 Å². The highest BCUT2D eigenvalue weighted by molar-refractivity contribution is 5.98. The highest BCUT2D eigenvalue weighted by Crippen LogP contribution is 2.30. The normalized spacial score (nSPS) is 17.0. The molecule has 1 aliphatic heterocycles. The molecule has 0 aromatic heterocycles. The van der Waals surface area contributed by atoms with Crippen LogP contribution in [0.3, 0.4) is 0 Å². The predicted molar refractivity (Wildman–Crippen MR) is 60.1 cm³/mol. The van der Waals surface area contributed by atoms with Crippen molar-refractivity contribution in [2.75, 3.05) is 13.2 Å².